The third-order valence-corrected chi connectivity index (χ3v) is 2.57. The molecule has 19 heavy (non-hydrogen) atoms. The molecule has 1 N–H and O–H groups in total. The second-order valence-corrected chi connectivity index (χ2v) is 5.64. The number of carbonyl (C=O) groups is 1. The molecule has 0 aliphatic carbocycles. The number of amides is 1. The van der Waals surface area contributed by atoms with Gasteiger partial charge in [0.1, 0.15) is 5.60 Å². The molecule has 1 heterocycles. The number of hydrogen-bond acceptors (Lipinski definition) is 3. The summed E-state index contributed by atoms with van der Waals surface area (Å²) in [6, 6.07) is 0. The van der Waals surface area contributed by atoms with Gasteiger partial charge in [-0.25, -0.2) is 9.78 Å². The Labute approximate surface area is 115 Å². The summed E-state index contributed by atoms with van der Waals surface area (Å²) in [5.41, 5.74) is -0.422. The minimum atomic E-state index is -0.422. The van der Waals surface area contributed by atoms with Crippen LogP contribution in [0, 0.1) is 0 Å². The van der Waals surface area contributed by atoms with Gasteiger partial charge in [-0.2, -0.15) is 0 Å². The lowest BCUT2D eigenvalue weighted by molar-refractivity contribution is 0.0527. The molecule has 0 spiro atoms. The summed E-state index contributed by atoms with van der Waals surface area (Å²) < 4.78 is 7.24. The molecule has 108 valence electrons. The molecule has 1 amide bonds. The molecule has 0 bridgehead atoms. The van der Waals surface area contributed by atoms with Crippen LogP contribution in [0.5, 0.6) is 0 Å². The number of rotatable bonds is 7. The number of alkyl carbamates (subject to hydrolysis) is 1. The van der Waals surface area contributed by atoms with Gasteiger partial charge in [-0.05, 0) is 33.6 Å². The predicted molar refractivity (Wildman–Crippen MR) is 74.9 cm³/mol. The van der Waals surface area contributed by atoms with Gasteiger partial charge in [-0.3, -0.25) is 0 Å². The van der Waals surface area contributed by atoms with E-state index in [1.54, 1.807) is 6.20 Å². The summed E-state index contributed by atoms with van der Waals surface area (Å²) in [5.74, 6) is 0. The van der Waals surface area contributed by atoms with Crippen LogP contribution in [0.3, 0.4) is 0 Å². The first kappa shape index (κ1) is 15.5. The van der Waals surface area contributed by atoms with Gasteiger partial charge in [0.05, 0.1) is 6.33 Å². The maximum atomic E-state index is 11.4. The smallest absolute Gasteiger partial charge is 0.407 e. The van der Waals surface area contributed by atoms with Crippen molar-refractivity contribution in [2.45, 2.75) is 58.6 Å². The van der Waals surface area contributed by atoms with Crippen molar-refractivity contribution in [2.24, 2.45) is 0 Å². The van der Waals surface area contributed by atoms with Crippen molar-refractivity contribution < 1.29 is 9.53 Å². The summed E-state index contributed by atoms with van der Waals surface area (Å²) in [6.45, 7) is 7.29. The van der Waals surface area contributed by atoms with Crippen molar-refractivity contribution in [3.8, 4) is 0 Å². The fourth-order valence-electron chi connectivity index (χ4n) is 1.70. The van der Waals surface area contributed by atoms with Gasteiger partial charge in [0, 0.05) is 25.5 Å². The lowest BCUT2D eigenvalue weighted by atomic mass is 10.2. The van der Waals surface area contributed by atoms with Crippen molar-refractivity contribution in [3.63, 3.8) is 0 Å². The van der Waals surface area contributed by atoms with E-state index in [0.717, 1.165) is 32.2 Å². The first-order chi connectivity index (χ1) is 8.97. The molecule has 0 radical (unpaired) electrons. The molecule has 0 unspecified atom stereocenters. The van der Waals surface area contributed by atoms with E-state index in [1.807, 2.05) is 33.3 Å². The average molecular weight is 267 g/mol. The van der Waals surface area contributed by atoms with Crippen LogP contribution in [-0.2, 0) is 11.3 Å². The largest absolute Gasteiger partial charge is 0.444 e. The topological polar surface area (TPSA) is 56.1 Å². The molecule has 1 aromatic rings. The van der Waals surface area contributed by atoms with Gasteiger partial charge < -0.3 is 14.6 Å². The first-order valence-electron chi connectivity index (χ1n) is 6.90. The number of nitrogens with one attached hydrogen (secondary N) is 1. The maximum Gasteiger partial charge on any atom is 0.407 e. The van der Waals surface area contributed by atoms with E-state index in [0.29, 0.717) is 6.54 Å². The zero-order chi connectivity index (χ0) is 14.1. The number of aromatic nitrogens is 2. The quantitative estimate of drug-likeness (QED) is 0.773. The fraction of sp³-hybridized carbons (Fsp3) is 0.714. The minimum absolute atomic E-state index is 0.328. The number of imidazole rings is 1. The van der Waals surface area contributed by atoms with Gasteiger partial charge in [0.15, 0.2) is 0 Å². The minimum Gasteiger partial charge on any atom is -0.444 e. The summed E-state index contributed by atoms with van der Waals surface area (Å²) in [4.78, 5) is 15.4. The second-order valence-electron chi connectivity index (χ2n) is 5.64. The molecule has 0 saturated heterocycles. The van der Waals surface area contributed by atoms with Crippen LogP contribution in [-0.4, -0.2) is 27.8 Å². The predicted octanol–water partition coefficient (Wildman–Crippen LogP) is 2.97. The fourth-order valence-corrected chi connectivity index (χ4v) is 1.70. The Morgan fingerprint density at radius 1 is 1.26 bits per heavy atom. The van der Waals surface area contributed by atoms with E-state index in [1.165, 1.54) is 0 Å². The van der Waals surface area contributed by atoms with Crippen LogP contribution in [0.4, 0.5) is 4.79 Å². The molecule has 0 aromatic carbocycles. The van der Waals surface area contributed by atoms with E-state index in [4.69, 9.17) is 4.74 Å². The highest BCUT2D eigenvalue weighted by atomic mass is 16.6. The highest BCUT2D eigenvalue weighted by Gasteiger charge is 2.15. The van der Waals surface area contributed by atoms with Crippen molar-refractivity contribution in [1.29, 1.82) is 0 Å². The molecule has 0 aliphatic rings. The number of aryl methyl sites for hydroxylation is 1. The summed E-state index contributed by atoms with van der Waals surface area (Å²) in [5, 5.41) is 2.77. The number of nitrogens with zero attached hydrogens (tertiary/aromatic N) is 2. The zero-order valence-corrected chi connectivity index (χ0v) is 12.2. The van der Waals surface area contributed by atoms with Crippen LogP contribution in [0.25, 0.3) is 0 Å². The Morgan fingerprint density at radius 3 is 2.63 bits per heavy atom. The van der Waals surface area contributed by atoms with E-state index in [2.05, 4.69) is 14.9 Å². The normalized spacial score (nSPS) is 11.3. The number of unbranched alkanes of at least 4 members (excludes halogenated alkanes) is 3. The van der Waals surface area contributed by atoms with Crippen molar-refractivity contribution in [2.75, 3.05) is 6.54 Å². The van der Waals surface area contributed by atoms with Gasteiger partial charge in [0.25, 0.3) is 0 Å². The van der Waals surface area contributed by atoms with Crippen molar-refractivity contribution in [3.05, 3.63) is 18.7 Å². The Balaban J connectivity index is 1.92. The first-order valence-corrected chi connectivity index (χ1v) is 6.90. The van der Waals surface area contributed by atoms with E-state index in [-0.39, 0.29) is 6.09 Å². The molecule has 0 saturated carbocycles. The monoisotopic (exact) mass is 267 g/mol. The standard InChI is InChI=1S/C14H25N3O2/c1-14(2,3)19-13(18)16-8-6-4-5-7-10-17-11-9-15-12-17/h9,11-12H,4-8,10H2,1-3H3,(H,16,18). The van der Waals surface area contributed by atoms with Crippen LogP contribution in [0.15, 0.2) is 18.7 Å². The Bertz CT molecular complexity index is 355. The maximum absolute atomic E-state index is 11.4. The molecule has 0 fully saturated rings. The third kappa shape index (κ3) is 8.24. The molecule has 1 aromatic heterocycles. The van der Waals surface area contributed by atoms with Gasteiger partial charge in [0.2, 0.25) is 0 Å². The molecule has 5 heteroatoms. The molecular formula is C14H25N3O2. The van der Waals surface area contributed by atoms with Crippen LogP contribution < -0.4 is 5.32 Å². The summed E-state index contributed by atoms with van der Waals surface area (Å²) >= 11 is 0. The summed E-state index contributed by atoms with van der Waals surface area (Å²) in [6.07, 6.45) is 9.69. The number of hydrogen-bond donors (Lipinski definition) is 1. The molecule has 0 atom stereocenters. The van der Waals surface area contributed by atoms with Crippen LogP contribution in [0.2, 0.25) is 0 Å². The number of ether oxygens (including phenoxy) is 1. The van der Waals surface area contributed by atoms with Crippen LogP contribution >= 0.6 is 0 Å². The van der Waals surface area contributed by atoms with E-state index >= 15 is 0 Å². The van der Waals surface area contributed by atoms with Crippen molar-refractivity contribution >= 4 is 6.09 Å². The van der Waals surface area contributed by atoms with E-state index < -0.39 is 5.60 Å². The molecular weight excluding hydrogens is 242 g/mol. The van der Waals surface area contributed by atoms with Gasteiger partial charge >= 0.3 is 6.09 Å². The lowest BCUT2D eigenvalue weighted by Gasteiger charge is -2.19. The van der Waals surface area contributed by atoms with E-state index in [9.17, 15) is 4.79 Å². The second kappa shape index (κ2) is 7.81. The van der Waals surface area contributed by atoms with Crippen molar-refractivity contribution in [1.82, 2.24) is 14.9 Å². The molecule has 0 aliphatic heterocycles. The average Bonchev–Trinajstić information content (AvgIpc) is 2.78. The Hall–Kier alpha value is -1.52. The Morgan fingerprint density at radius 2 is 2.00 bits per heavy atom. The SMILES string of the molecule is CC(C)(C)OC(=O)NCCCCCCn1ccnc1. The molecule has 1 rings (SSSR count). The number of carbonyl (C=O) groups excluding carboxylic acids is 1. The highest BCUT2D eigenvalue weighted by molar-refractivity contribution is 5.67. The van der Waals surface area contributed by atoms with Gasteiger partial charge in [-0.1, -0.05) is 12.8 Å². The lowest BCUT2D eigenvalue weighted by Crippen LogP contribution is -2.32. The third-order valence-electron chi connectivity index (χ3n) is 2.57. The zero-order valence-electron chi connectivity index (χ0n) is 12.2. The highest BCUT2D eigenvalue weighted by Crippen LogP contribution is 2.06. The summed E-state index contributed by atoms with van der Waals surface area (Å²) in [7, 11) is 0. The van der Waals surface area contributed by atoms with Crippen LogP contribution in [0.1, 0.15) is 46.5 Å². The van der Waals surface area contributed by atoms with Gasteiger partial charge in [-0.15, -0.1) is 0 Å². The molecule has 5 nitrogen and oxygen atoms in total. The Kier molecular flexibility index (Phi) is 6.39.